The molecule has 1 N–H and O–H groups in total. The van der Waals surface area contributed by atoms with Crippen molar-refractivity contribution in [3.05, 3.63) is 59.9 Å². The third-order valence-electron chi connectivity index (χ3n) is 4.70. The number of halogens is 1. The predicted octanol–water partition coefficient (Wildman–Crippen LogP) is 3.07. The van der Waals surface area contributed by atoms with Crippen molar-refractivity contribution in [1.82, 2.24) is 10.2 Å². The van der Waals surface area contributed by atoms with E-state index in [-0.39, 0.29) is 24.8 Å². The summed E-state index contributed by atoms with van der Waals surface area (Å²) in [5, 5.41) is 2.80. The second kappa shape index (κ2) is 7.65. The lowest BCUT2D eigenvalue weighted by molar-refractivity contribution is -0.132. The van der Waals surface area contributed by atoms with Crippen molar-refractivity contribution in [3.8, 4) is 11.5 Å². The Balaban J connectivity index is 1.73. The van der Waals surface area contributed by atoms with Crippen LogP contribution in [0.2, 0.25) is 0 Å². The summed E-state index contributed by atoms with van der Waals surface area (Å²) in [4.78, 5) is 26.5. The first-order valence-electron chi connectivity index (χ1n) is 8.68. The van der Waals surface area contributed by atoms with Gasteiger partial charge in [-0.15, -0.1) is 0 Å². The Kier molecular flexibility index (Phi) is 5.30. The topological polar surface area (TPSA) is 67.9 Å². The number of amides is 3. The molecule has 1 aliphatic heterocycles. The first-order valence-corrected chi connectivity index (χ1v) is 8.68. The average Bonchev–Trinajstić information content (AvgIpc) is 2.94. The summed E-state index contributed by atoms with van der Waals surface area (Å²) < 4.78 is 24.1. The number of hydrogen-bond donors (Lipinski definition) is 1. The van der Waals surface area contributed by atoms with Gasteiger partial charge in [0, 0.05) is 0 Å². The lowest BCUT2D eigenvalue weighted by atomic mass is 9.87. The van der Waals surface area contributed by atoms with Gasteiger partial charge < -0.3 is 14.8 Å². The zero-order chi connectivity index (χ0) is 19.4. The minimum Gasteiger partial charge on any atom is -0.497 e. The molecule has 0 aliphatic carbocycles. The van der Waals surface area contributed by atoms with Crippen LogP contribution < -0.4 is 14.8 Å². The molecule has 0 unspecified atom stereocenters. The van der Waals surface area contributed by atoms with Gasteiger partial charge in [-0.3, -0.25) is 9.69 Å². The molecule has 0 bridgehead atoms. The number of carbonyl (C=O) groups excluding carboxylic acids is 2. The van der Waals surface area contributed by atoms with Crippen molar-refractivity contribution in [2.24, 2.45) is 0 Å². The molecule has 0 spiro atoms. The molecule has 0 saturated carbocycles. The Morgan fingerprint density at radius 2 is 1.81 bits per heavy atom. The van der Waals surface area contributed by atoms with Crippen molar-refractivity contribution < 1.29 is 23.5 Å². The van der Waals surface area contributed by atoms with Crippen LogP contribution in [0.3, 0.4) is 0 Å². The monoisotopic (exact) mass is 372 g/mol. The van der Waals surface area contributed by atoms with Crippen molar-refractivity contribution >= 4 is 11.9 Å². The maximum Gasteiger partial charge on any atom is 0.325 e. The summed E-state index contributed by atoms with van der Waals surface area (Å²) >= 11 is 0. The standard InChI is InChI=1S/C20H21FN2O4/c1-3-20(14-8-10-15(26-2)11-9-14)18(24)23(19(25)22-20)12-13-27-17-7-5-4-6-16(17)21/h4-11H,3,12-13H2,1-2H3,(H,22,25)/t20-/m0/s1. The largest absolute Gasteiger partial charge is 0.497 e. The Bertz CT molecular complexity index is 840. The third-order valence-corrected chi connectivity index (χ3v) is 4.70. The highest BCUT2D eigenvalue weighted by Crippen LogP contribution is 2.33. The Labute approximate surface area is 156 Å². The minimum absolute atomic E-state index is 0.00248. The molecule has 3 amide bonds. The fourth-order valence-corrected chi connectivity index (χ4v) is 3.15. The molecule has 27 heavy (non-hydrogen) atoms. The second-order valence-electron chi connectivity index (χ2n) is 6.15. The molecule has 6 nitrogen and oxygen atoms in total. The van der Waals surface area contributed by atoms with Crippen LogP contribution in [0.25, 0.3) is 0 Å². The van der Waals surface area contributed by atoms with E-state index >= 15 is 0 Å². The lowest BCUT2D eigenvalue weighted by Gasteiger charge is -2.26. The number of urea groups is 1. The number of benzene rings is 2. The quantitative estimate of drug-likeness (QED) is 0.759. The van der Waals surface area contributed by atoms with Gasteiger partial charge in [0.05, 0.1) is 13.7 Å². The van der Waals surface area contributed by atoms with Crippen LogP contribution >= 0.6 is 0 Å². The van der Waals surface area contributed by atoms with Crippen LogP contribution in [-0.2, 0) is 10.3 Å². The van der Waals surface area contributed by atoms with Crippen LogP contribution in [0.5, 0.6) is 11.5 Å². The summed E-state index contributed by atoms with van der Waals surface area (Å²) in [6, 6.07) is 12.5. The normalized spacial score (nSPS) is 19.1. The Morgan fingerprint density at radius 1 is 1.11 bits per heavy atom. The number of hydrogen-bond acceptors (Lipinski definition) is 4. The van der Waals surface area contributed by atoms with Gasteiger partial charge in [-0.1, -0.05) is 31.2 Å². The molecule has 2 aromatic carbocycles. The first-order chi connectivity index (χ1) is 13.0. The maximum absolute atomic E-state index is 13.6. The molecular weight excluding hydrogens is 351 g/mol. The van der Waals surface area contributed by atoms with Gasteiger partial charge in [-0.2, -0.15) is 0 Å². The number of ether oxygens (including phenoxy) is 2. The first kappa shape index (κ1) is 18.7. The molecule has 7 heteroatoms. The zero-order valence-electron chi connectivity index (χ0n) is 15.2. The number of methoxy groups -OCH3 is 1. The highest BCUT2D eigenvalue weighted by Gasteiger charge is 2.51. The van der Waals surface area contributed by atoms with Gasteiger partial charge >= 0.3 is 6.03 Å². The van der Waals surface area contributed by atoms with Gasteiger partial charge in [-0.25, -0.2) is 9.18 Å². The van der Waals surface area contributed by atoms with Crippen molar-refractivity contribution in [3.63, 3.8) is 0 Å². The van der Waals surface area contributed by atoms with E-state index in [1.54, 1.807) is 43.5 Å². The molecule has 0 aromatic heterocycles. The molecule has 1 heterocycles. The number of para-hydroxylation sites is 1. The number of nitrogens with zero attached hydrogens (tertiary/aromatic N) is 1. The van der Waals surface area contributed by atoms with Gasteiger partial charge in [0.1, 0.15) is 17.9 Å². The fourth-order valence-electron chi connectivity index (χ4n) is 3.15. The third kappa shape index (κ3) is 3.45. The molecule has 0 radical (unpaired) electrons. The SMILES string of the molecule is CC[C@@]1(c2ccc(OC)cc2)NC(=O)N(CCOc2ccccc2F)C1=O. The molecule has 1 atom stereocenters. The van der Waals surface area contributed by atoms with Crippen LogP contribution in [0, 0.1) is 5.82 Å². The average molecular weight is 372 g/mol. The molecule has 142 valence electrons. The number of carbonyl (C=O) groups is 2. The zero-order valence-corrected chi connectivity index (χ0v) is 15.2. The molecule has 1 aliphatic rings. The summed E-state index contributed by atoms with van der Waals surface area (Å²) in [7, 11) is 1.56. The lowest BCUT2D eigenvalue weighted by Crippen LogP contribution is -2.43. The Hall–Kier alpha value is -3.09. The van der Waals surface area contributed by atoms with Gasteiger partial charge in [0.25, 0.3) is 5.91 Å². The van der Waals surface area contributed by atoms with Crippen LogP contribution in [0.4, 0.5) is 9.18 Å². The maximum atomic E-state index is 13.6. The highest BCUT2D eigenvalue weighted by molar-refractivity contribution is 6.07. The van der Waals surface area contributed by atoms with E-state index in [1.807, 2.05) is 6.92 Å². The van der Waals surface area contributed by atoms with Gasteiger partial charge in [-0.05, 0) is 36.2 Å². The van der Waals surface area contributed by atoms with E-state index in [1.165, 1.54) is 12.1 Å². The fraction of sp³-hybridized carbons (Fsp3) is 0.300. The summed E-state index contributed by atoms with van der Waals surface area (Å²) in [6.07, 6.45) is 0.397. The smallest absolute Gasteiger partial charge is 0.325 e. The van der Waals surface area contributed by atoms with Gasteiger partial charge in [0.2, 0.25) is 0 Å². The minimum atomic E-state index is -1.12. The number of rotatable bonds is 7. The van der Waals surface area contributed by atoms with E-state index in [0.717, 1.165) is 4.90 Å². The van der Waals surface area contributed by atoms with Crippen molar-refractivity contribution in [1.29, 1.82) is 0 Å². The van der Waals surface area contributed by atoms with E-state index in [0.29, 0.717) is 17.7 Å². The Morgan fingerprint density at radius 3 is 2.44 bits per heavy atom. The van der Waals surface area contributed by atoms with Gasteiger partial charge in [0.15, 0.2) is 11.6 Å². The van der Waals surface area contributed by atoms with Crippen LogP contribution in [0.1, 0.15) is 18.9 Å². The van der Waals surface area contributed by atoms with Crippen molar-refractivity contribution in [2.45, 2.75) is 18.9 Å². The molecule has 1 saturated heterocycles. The number of imide groups is 1. The van der Waals surface area contributed by atoms with Crippen LogP contribution in [0.15, 0.2) is 48.5 Å². The summed E-state index contributed by atoms with van der Waals surface area (Å²) in [5.74, 6) is -0.0912. The molecule has 3 rings (SSSR count). The second-order valence-corrected chi connectivity index (χ2v) is 6.15. The van der Waals surface area contributed by atoms with Crippen LogP contribution in [-0.4, -0.2) is 37.1 Å². The van der Waals surface area contributed by atoms with E-state index < -0.39 is 17.4 Å². The highest BCUT2D eigenvalue weighted by atomic mass is 19.1. The predicted molar refractivity (Wildman–Crippen MR) is 97.1 cm³/mol. The summed E-state index contributed by atoms with van der Waals surface area (Å²) in [6.45, 7) is 1.86. The van der Waals surface area contributed by atoms with Crippen molar-refractivity contribution in [2.75, 3.05) is 20.3 Å². The summed E-state index contributed by atoms with van der Waals surface area (Å²) in [5.41, 5.74) is -0.442. The van der Waals surface area contributed by atoms with E-state index in [2.05, 4.69) is 5.32 Å². The van der Waals surface area contributed by atoms with E-state index in [4.69, 9.17) is 9.47 Å². The van der Waals surface area contributed by atoms with E-state index in [9.17, 15) is 14.0 Å². The molecular formula is C20H21FN2O4. The number of nitrogens with one attached hydrogen (secondary N) is 1. The molecule has 2 aromatic rings. The molecule has 1 fully saturated rings.